The van der Waals surface area contributed by atoms with Gasteiger partial charge in [-0.05, 0) is 23.3 Å². The van der Waals surface area contributed by atoms with Crippen molar-refractivity contribution in [3.8, 4) is 0 Å². The lowest BCUT2D eigenvalue weighted by molar-refractivity contribution is -0.116. The second-order valence-electron chi connectivity index (χ2n) is 4.41. The summed E-state index contributed by atoms with van der Waals surface area (Å²) in [6, 6.07) is 9.28. The van der Waals surface area contributed by atoms with Crippen molar-refractivity contribution < 1.29 is 9.90 Å². The van der Waals surface area contributed by atoms with Gasteiger partial charge in [-0.3, -0.25) is 9.48 Å². The largest absolute Gasteiger partial charge is 0.392 e. The van der Waals surface area contributed by atoms with Gasteiger partial charge in [0.2, 0.25) is 5.91 Å². The molecule has 1 aromatic carbocycles. The van der Waals surface area contributed by atoms with Crippen LogP contribution in [0.2, 0.25) is 0 Å². The van der Waals surface area contributed by atoms with Gasteiger partial charge < -0.3 is 10.4 Å². The van der Waals surface area contributed by atoms with Gasteiger partial charge in [0, 0.05) is 25.9 Å². The van der Waals surface area contributed by atoms with Gasteiger partial charge in [-0.2, -0.15) is 5.10 Å². The van der Waals surface area contributed by atoms with Crippen molar-refractivity contribution in [1.29, 1.82) is 0 Å². The van der Waals surface area contributed by atoms with Gasteiger partial charge in [0.25, 0.3) is 0 Å². The predicted molar refractivity (Wildman–Crippen MR) is 76.5 cm³/mol. The van der Waals surface area contributed by atoms with Crippen molar-refractivity contribution in [2.75, 3.05) is 0 Å². The SMILES string of the molecule is Cn1nccc1/C=C/C(=O)NCc1ccc(CO)cc1. The molecule has 0 bridgehead atoms. The Morgan fingerprint density at radius 1 is 1.30 bits per heavy atom. The number of amides is 1. The first kappa shape index (κ1) is 14.0. The quantitative estimate of drug-likeness (QED) is 0.804. The summed E-state index contributed by atoms with van der Waals surface area (Å²) in [7, 11) is 1.82. The third-order valence-corrected chi connectivity index (χ3v) is 2.94. The van der Waals surface area contributed by atoms with E-state index >= 15 is 0 Å². The number of benzene rings is 1. The van der Waals surface area contributed by atoms with Crippen molar-refractivity contribution in [3.63, 3.8) is 0 Å². The minimum Gasteiger partial charge on any atom is -0.392 e. The van der Waals surface area contributed by atoms with E-state index in [4.69, 9.17) is 5.11 Å². The second-order valence-corrected chi connectivity index (χ2v) is 4.41. The molecular weight excluding hydrogens is 254 g/mol. The lowest BCUT2D eigenvalue weighted by Gasteiger charge is -2.03. The van der Waals surface area contributed by atoms with Crippen LogP contribution < -0.4 is 5.32 Å². The first-order valence-electron chi connectivity index (χ1n) is 6.31. The van der Waals surface area contributed by atoms with E-state index in [1.807, 2.05) is 37.4 Å². The van der Waals surface area contributed by atoms with Gasteiger partial charge in [-0.15, -0.1) is 0 Å². The monoisotopic (exact) mass is 271 g/mol. The van der Waals surface area contributed by atoms with Crippen LogP contribution in [-0.2, 0) is 25.0 Å². The molecule has 0 unspecified atom stereocenters. The molecule has 2 rings (SSSR count). The van der Waals surface area contributed by atoms with Crippen LogP contribution in [0, 0.1) is 0 Å². The second kappa shape index (κ2) is 6.68. The zero-order chi connectivity index (χ0) is 14.4. The standard InChI is InChI=1S/C15H17N3O2/c1-18-14(8-9-17-18)6-7-15(20)16-10-12-2-4-13(11-19)5-3-12/h2-9,19H,10-11H2,1H3,(H,16,20)/b7-6+. The normalized spacial score (nSPS) is 10.9. The molecule has 20 heavy (non-hydrogen) atoms. The van der Waals surface area contributed by atoms with E-state index in [-0.39, 0.29) is 12.5 Å². The zero-order valence-electron chi connectivity index (χ0n) is 11.3. The maximum Gasteiger partial charge on any atom is 0.244 e. The van der Waals surface area contributed by atoms with E-state index in [0.717, 1.165) is 16.8 Å². The van der Waals surface area contributed by atoms with Gasteiger partial charge in [0.1, 0.15) is 0 Å². The smallest absolute Gasteiger partial charge is 0.244 e. The van der Waals surface area contributed by atoms with Crippen molar-refractivity contribution in [3.05, 3.63) is 59.4 Å². The molecule has 5 heteroatoms. The molecular formula is C15H17N3O2. The van der Waals surface area contributed by atoms with Gasteiger partial charge in [-0.1, -0.05) is 24.3 Å². The van der Waals surface area contributed by atoms with Crippen molar-refractivity contribution in [1.82, 2.24) is 15.1 Å². The first-order valence-corrected chi connectivity index (χ1v) is 6.31. The highest BCUT2D eigenvalue weighted by atomic mass is 16.3. The Bertz CT molecular complexity index is 600. The topological polar surface area (TPSA) is 67.2 Å². The van der Waals surface area contributed by atoms with E-state index < -0.39 is 0 Å². The molecule has 0 saturated carbocycles. The Morgan fingerprint density at radius 3 is 2.60 bits per heavy atom. The summed E-state index contributed by atoms with van der Waals surface area (Å²) in [6.07, 6.45) is 4.89. The number of nitrogens with zero attached hydrogens (tertiary/aromatic N) is 2. The number of nitrogens with one attached hydrogen (secondary N) is 1. The molecule has 2 N–H and O–H groups in total. The third-order valence-electron chi connectivity index (χ3n) is 2.94. The molecule has 0 aliphatic rings. The molecule has 1 amide bonds. The average Bonchev–Trinajstić information content (AvgIpc) is 2.89. The van der Waals surface area contributed by atoms with Gasteiger partial charge in [0.05, 0.1) is 12.3 Å². The fourth-order valence-electron chi connectivity index (χ4n) is 1.72. The van der Waals surface area contributed by atoms with Gasteiger partial charge in [0.15, 0.2) is 0 Å². The Hall–Kier alpha value is -2.40. The van der Waals surface area contributed by atoms with E-state index in [2.05, 4.69) is 10.4 Å². The lowest BCUT2D eigenvalue weighted by atomic mass is 10.1. The van der Waals surface area contributed by atoms with Crippen LogP contribution in [-0.4, -0.2) is 20.8 Å². The summed E-state index contributed by atoms with van der Waals surface area (Å²) in [6.45, 7) is 0.486. The van der Waals surface area contributed by atoms with Crippen molar-refractivity contribution in [2.24, 2.45) is 7.05 Å². The van der Waals surface area contributed by atoms with Crippen LogP contribution in [0.5, 0.6) is 0 Å². The number of carbonyl (C=O) groups excluding carboxylic acids is 1. The molecule has 5 nitrogen and oxygen atoms in total. The van der Waals surface area contributed by atoms with E-state index in [0.29, 0.717) is 6.54 Å². The van der Waals surface area contributed by atoms with Crippen LogP contribution in [0.4, 0.5) is 0 Å². The van der Waals surface area contributed by atoms with Crippen molar-refractivity contribution in [2.45, 2.75) is 13.2 Å². The molecule has 1 aromatic heterocycles. The molecule has 104 valence electrons. The summed E-state index contributed by atoms with van der Waals surface area (Å²) in [5.41, 5.74) is 2.72. The Labute approximate surface area is 117 Å². The van der Waals surface area contributed by atoms with Crippen LogP contribution in [0.25, 0.3) is 6.08 Å². The minimum atomic E-state index is -0.155. The Kier molecular flexibility index (Phi) is 4.68. The van der Waals surface area contributed by atoms with E-state index in [9.17, 15) is 4.79 Å². The maximum atomic E-state index is 11.7. The Balaban J connectivity index is 1.85. The number of hydrogen-bond donors (Lipinski definition) is 2. The number of carbonyl (C=O) groups is 1. The molecule has 0 aliphatic heterocycles. The minimum absolute atomic E-state index is 0.0279. The van der Waals surface area contributed by atoms with E-state index in [1.165, 1.54) is 6.08 Å². The van der Waals surface area contributed by atoms with Crippen LogP contribution in [0.15, 0.2) is 42.6 Å². The predicted octanol–water partition coefficient (Wildman–Crippen LogP) is 1.24. The third kappa shape index (κ3) is 3.80. The van der Waals surface area contributed by atoms with Crippen molar-refractivity contribution >= 4 is 12.0 Å². The van der Waals surface area contributed by atoms with Crippen LogP contribution in [0.3, 0.4) is 0 Å². The summed E-state index contributed by atoms with van der Waals surface area (Å²) < 4.78 is 1.69. The molecule has 0 saturated heterocycles. The highest BCUT2D eigenvalue weighted by Crippen LogP contribution is 2.04. The average molecular weight is 271 g/mol. The highest BCUT2D eigenvalue weighted by Gasteiger charge is 1.98. The number of aromatic nitrogens is 2. The zero-order valence-corrected chi connectivity index (χ0v) is 11.3. The first-order chi connectivity index (χ1) is 9.69. The Morgan fingerprint density at radius 2 is 2.00 bits per heavy atom. The molecule has 0 aliphatic carbocycles. The lowest BCUT2D eigenvalue weighted by Crippen LogP contribution is -2.20. The van der Waals surface area contributed by atoms with Gasteiger partial charge >= 0.3 is 0 Å². The number of aliphatic hydroxyl groups excluding tert-OH is 1. The van der Waals surface area contributed by atoms with E-state index in [1.54, 1.807) is 17.0 Å². The fraction of sp³-hybridized carbons (Fsp3) is 0.200. The highest BCUT2D eigenvalue weighted by molar-refractivity contribution is 5.91. The number of hydrogen-bond acceptors (Lipinski definition) is 3. The summed E-state index contributed by atoms with van der Waals surface area (Å²) in [4.78, 5) is 11.7. The molecule has 1 heterocycles. The number of aryl methyl sites for hydroxylation is 1. The molecule has 0 radical (unpaired) electrons. The summed E-state index contributed by atoms with van der Waals surface area (Å²) >= 11 is 0. The molecule has 2 aromatic rings. The van der Waals surface area contributed by atoms with Crippen LogP contribution >= 0.6 is 0 Å². The molecule has 0 fully saturated rings. The summed E-state index contributed by atoms with van der Waals surface area (Å²) in [5, 5.41) is 15.8. The number of aliphatic hydroxyl groups is 1. The summed E-state index contributed by atoms with van der Waals surface area (Å²) in [5.74, 6) is -0.155. The molecule has 0 atom stereocenters. The fourth-order valence-corrected chi connectivity index (χ4v) is 1.72. The van der Waals surface area contributed by atoms with Gasteiger partial charge in [-0.25, -0.2) is 0 Å². The molecule has 0 spiro atoms. The number of rotatable bonds is 5. The maximum absolute atomic E-state index is 11.7. The van der Waals surface area contributed by atoms with Crippen LogP contribution in [0.1, 0.15) is 16.8 Å².